The third kappa shape index (κ3) is 7.29. The molecule has 0 radical (unpaired) electrons. The van der Waals surface area contributed by atoms with Crippen LogP contribution in [0.2, 0.25) is 5.02 Å². The van der Waals surface area contributed by atoms with Crippen LogP contribution in [0, 0.1) is 20.8 Å². The molecule has 0 aliphatic carbocycles. The van der Waals surface area contributed by atoms with Crippen molar-refractivity contribution in [1.29, 1.82) is 0 Å². The normalized spacial score (nSPS) is 10.5. The van der Waals surface area contributed by atoms with E-state index in [1.807, 2.05) is 20.8 Å². The van der Waals surface area contributed by atoms with Crippen LogP contribution >= 0.6 is 23.4 Å². The minimum absolute atomic E-state index is 0.00187. The van der Waals surface area contributed by atoms with E-state index in [0.717, 1.165) is 22.6 Å². The summed E-state index contributed by atoms with van der Waals surface area (Å²) in [5.41, 5.74) is 4.85. The SMILES string of the molecule is COc1ccc(NC(=O)CSCCCC(=O)Nc2c(C)cc(C)cc2C)cc1Cl. The van der Waals surface area contributed by atoms with Gasteiger partial charge < -0.3 is 15.4 Å². The van der Waals surface area contributed by atoms with Crippen LogP contribution in [0.15, 0.2) is 30.3 Å². The number of rotatable bonds is 9. The summed E-state index contributed by atoms with van der Waals surface area (Å²) in [6.45, 7) is 6.04. The third-order valence-electron chi connectivity index (χ3n) is 4.30. The van der Waals surface area contributed by atoms with E-state index in [1.165, 1.54) is 17.3 Å². The highest BCUT2D eigenvalue weighted by molar-refractivity contribution is 7.99. The van der Waals surface area contributed by atoms with E-state index < -0.39 is 0 Å². The Hall–Kier alpha value is -2.18. The Bertz CT molecular complexity index is 863. The molecule has 0 aliphatic heterocycles. The Labute approximate surface area is 181 Å². The van der Waals surface area contributed by atoms with Crippen molar-refractivity contribution in [2.75, 3.05) is 29.2 Å². The van der Waals surface area contributed by atoms with Crippen molar-refractivity contribution in [2.24, 2.45) is 0 Å². The number of halogens is 1. The van der Waals surface area contributed by atoms with E-state index in [-0.39, 0.29) is 11.8 Å². The molecule has 0 bridgehead atoms. The van der Waals surface area contributed by atoms with Crippen molar-refractivity contribution < 1.29 is 14.3 Å². The molecule has 29 heavy (non-hydrogen) atoms. The van der Waals surface area contributed by atoms with Crippen LogP contribution in [0.4, 0.5) is 11.4 Å². The second-order valence-electron chi connectivity index (χ2n) is 6.88. The highest BCUT2D eigenvalue weighted by Crippen LogP contribution is 2.27. The minimum Gasteiger partial charge on any atom is -0.495 e. The van der Waals surface area contributed by atoms with Gasteiger partial charge in [-0.3, -0.25) is 9.59 Å². The first-order chi connectivity index (χ1) is 13.8. The summed E-state index contributed by atoms with van der Waals surface area (Å²) in [4.78, 5) is 24.2. The number of methoxy groups -OCH3 is 1. The molecule has 2 N–H and O–H groups in total. The molecule has 2 aromatic carbocycles. The van der Waals surface area contributed by atoms with Gasteiger partial charge in [0.25, 0.3) is 0 Å². The maximum absolute atomic E-state index is 12.2. The summed E-state index contributed by atoms with van der Waals surface area (Å²) < 4.78 is 5.09. The van der Waals surface area contributed by atoms with Gasteiger partial charge in [-0.25, -0.2) is 0 Å². The molecule has 2 rings (SSSR count). The van der Waals surface area contributed by atoms with Gasteiger partial charge in [-0.2, -0.15) is 11.8 Å². The lowest BCUT2D eigenvalue weighted by atomic mass is 10.0. The smallest absolute Gasteiger partial charge is 0.234 e. The lowest BCUT2D eigenvalue weighted by Crippen LogP contribution is -2.15. The second kappa shape index (κ2) is 11.1. The fourth-order valence-corrected chi connectivity index (χ4v) is 4.03. The molecule has 0 unspecified atom stereocenters. The summed E-state index contributed by atoms with van der Waals surface area (Å²) in [6, 6.07) is 9.23. The lowest BCUT2D eigenvalue weighted by molar-refractivity contribution is -0.116. The number of hydrogen-bond acceptors (Lipinski definition) is 4. The second-order valence-corrected chi connectivity index (χ2v) is 8.39. The van der Waals surface area contributed by atoms with Crippen molar-refractivity contribution in [3.05, 3.63) is 52.0 Å². The monoisotopic (exact) mass is 434 g/mol. The van der Waals surface area contributed by atoms with Crippen molar-refractivity contribution in [3.8, 4) is 5.75 Å². The van der Waals surface area contributed by atoms with E-state index in [2.05, 4.69) is 22.8 Å². The maximum Gasteiger partial charge on any atom is 0.234 e. The summed E-state index contributed by atoms with van der Waals surface area (Å²) in [7, 11) is 1.54. The molecule has 0 atom stereocenters. The average molecular weight is 435 g/mol. The van der Waals surface area contributed by atoms with Crippen LogP contribution in [0.5, 0.6) is 5.75 Å². The van der Waals surface area contributed by atoms with E-state index in [9.17, 15) is 9.59 Å². The number of benzene rings is 2. The zero-order valence-corrected chi connectivity index (χ0v) is 18.8. The number of thioether (sulfide) groups is 1. The molecule has 0 saturated carbocycles. The van der Waals surface area contributed by atoms with Crippen molar-refractivity contribution in [2.45, 2.75) is 33.6 Å². The molecular weight excluding hydrogens is 408 g/mol. The Morgan fingerprint density at radius 3 is 2.34 bits per heavy atom. The predicted molar refractivity (Wildman–Crippen MR) is 122 cm³/mol. The Balaban J connectivity index is 1.68. The van der Waals surface area contributed by atoms with Crippen molar-refractivity contribution in [3.63, 3.8) is 0 Å². The minimum atomic E-state index is -0.105. The fraction of sp³-hybridized carbons (Fsp3) is 0.364. The van der Waals surface area contributed by atoms with Crippen LogP contribution in [0.3, 0.4) is 0 Å². The highest BCUT2D eigenvalue weighted by atomic mass is 35.5. The summed E-state index contributed by atoms with van der Waals surface area (Å²) in [6.07, 6.45) is 1.14. The summed E-state index contributed by atoms with van der Waals surface area (Å²) >= 11 is 7.55. The Kier molecular flexibility index (Phi) is 8.86. The van der Waals surface area contributed by atoms with Gasteiger partial charge >= 0.3 is 0 Å². The molecule has 0 saturated heterocycles. The van der Waals surface area contributed by atoms with Crippen LogP contribution < -0.4 is 15.4 Å². The van der Waals surface area contributed by atoms with Gasteiger partial charge in [-0.05, 0) is 62.3 Å². The molecule has 0 heterocycles. The number of aryl methyl sites for hydroxylation is 3. The molecule has 5 nitrogen and oxygen atoms in total. The van der Waals surface area contributed by atoms with E-state index in [1.54, 1.807) is 25.3 Å². The molecule has 156 valence electrons. The van der Waals surface area contributed by atoms with Gasteiger partial charge in [0.05, 0.1) is 17.9 Å². The van der Waals surface area contributed by atoms with Gasteiger partial charge in [0.2, 0.25) is 11.8 Å². The number of carbonyl (C=O) groups is 2. The molecule has 2 aromatic rings. The topological polar surface area (TPSA) is 67.4 Å². The van der Waals surface area contributed by atoms with E-state index in [4.69, 9.17) is 16.3 Å². The number of anilines is 2. The third-order valence-corrected chi connectivity index (χ3v) is 5.64. The molecule has 0 aliphatic rings. The number of carbonyl (C=O) groups excluding carboxylic acids is 2. The number of hydrogen-bond donors (Lipinski definition) is 2. The van der Waals surface area contributed by atoms with Crippen molar-refractivity contribution in [1.82, 2.24) is 0 Å². The van der Waals surface area contributed by atoms with Crippen LogP contribution in [0.1, 0.15) is 29.5 Å². The van der Waals surface area contributed by atoms with Crippen LogP contribution in [-0.4, -0.2) is 30.4 Å². The first kappa shape index (κ1) is 23.1. The predicted octanol–water partition coefficient (Wildman–Crippen LogP) is 5.36. The number of amides is 2. The fourth-order valence-electron chi connectivity index (χ4n) is 3.02. The Morgan fingerprint density at radius 2 is 1.72 bits per heavy atom. The van der Waals surface area contributed by atoms with Gasteiger partial charge in [0.1, 0.15) is 5.75 Å². The van der Waals surface area contributed by atoms with Gasteiger partial charge in [-0.1, -0.05) is 29.3 Å². The summed E-state index contributed by atoms with van der Waals surface area (Å²) in [5, 5.41) is 6.25. The molecule has 0 spiro atoms. The standard InChI is InChI=1S/C22H27ClN2O3S/c1-14-10-15(2)22(16(3)11-14)25-20(26)6-5-9-29-13-21(27)24-17-7-8-19(28-4)18(23)12-17/h7-8,10-12H,5-6,9,13H2,1-4H3,(H,24,27)(H,25,26). The number of nitrogens with one attached hydrogen (secondary N) is 2. The molecule has 2 amide bonds. The van der Waals surface area contributed by atoms with Gasteiger partial charge in [-0.15, -0.1) is 0 Å². The average Bonchev–Trinajstić information content (AvgIpc) is 2.64. The quantitative estimate of drug-likeness (QED) is 0.521. The largest absolute Gasteiger partial charge is 0.495 e. The number of ether oxygens (including phenoxy) is 1. The van der Waals surface area contributed by atoms with Crippen LogP contribution in [0.25, 0.3) is 0 Å². The van der Waals surface area contributed by atoms with E-state index in [0.29, 0.717) is 35.1 Å². The van der Waals surface area contributed by atoms with E-state index >= 15 is 0 Å². The van der Waals surface area contributed by atoms with Gasteiger partial charge in [0, 0.05) is 17.8 Å². The van der Waals surface area contributed by atoms with Crippen LogP contribution in [-0.2, 0) is 9.59 Å². The molecule has 0 aromatic heterocycles. The van der Waals surface area contributed by atoms with Gasteiger partial charge in [0.15, 0.2) is 0 Å². The molecule has 0 fully saturated rings. The molecular formula is C22H27ClN2O3S. The molecule has 7 heteroatoms. The zero-order chi connectivity index (χ0) is 21.4. The maximum atomic E-state index is 12.2. The summed E-state index contributed by atoms with van der Waals surface area (Å²) in [5.74, 6) is 1.51. The lowest BCUT2D eigenvalue weighted by Gasteiger charge is -2.12. The first-order valence-corrected chi connectivity index (χ1v) is 10.9. The van der Waals surface area contributed by atoms with Crippen molar-refractivity contribution >= 4 is 46.6 Å². The Morgan fingerprint density at radius 1 is 1.03 bits per heavy atom. The first-order valence-electron chi connectivity index (χ1n) is 9.39. The zero-order valence-electron chi connectivity index (χ0n) is 17.2. The highest BCUT2D eigenvalue weighted by Gasteiger charge is 2.09.